The van der Waals surface area contributed by atoms with Crippen LogP contribution in [0.4, 0.5) is 10.1 Å². The SMILES string of the molecule is COC(=O)c1ccc(C)c(NC(=O)Cc2ccc(Cl)cc2F)c1. The van der Waals surface area contributed by atoms with Gasteiger partial charge >= 0.3 is 5.97 Å². The van der Waals surface area contributed by atoms with E-state index in [1.807, 2.05) is 0 Å². The maximum Gasteiger partial charge on any atom is 0.337 e. The molecular formula is C17H15ClFNO3. The van der Waals surface area contributed by atoms with Crippen molar-refractivity contribution in [2.75, 3.05) is 12.4 Å². The molecule has 0 unspecified atom stereocenters. The molecule has 0 aliphatic rings. The third-order valence-corrected chi connectivity index (χ3v) is 3.53. The highest BCUT2D eigenvalue weighted by molar-refractivity contribution is 6.30. The molecule has 6 heteroatoms. The van der Waals surface area contributed by atoms with Gasteiger partial charge in [0.05, 0.1) is 19.1 Å². The number of rotatable bonds is 4. The monoisotopic (exact) mass is 335 g/mol. The quantitative estimate of drug-likeness (QED) is 0.866. The van der Waals surface area contributed by atoms with Crippen LogP contribution in [0, 0.1) is 12.7 Å². The first kappa shape index (κ1) is 17.0. The Balaban J connectivity index is 2.15. The molecule has 0 heterocycles. The molecule has 1 amide bonds. The fraction of sp³-hybridized carbons (Fsp3) is 0.176. The number of esters is 1. The van der Waals surface area contributed by atoms with E-state index in [0.717, 1.165) is 11.6 Å². The number of aryl methyl sites for hydroxylation is 1. The second kappa shape index (κ2) is 7.24. The average Bonchev–Trinajstić information content (AvgIpc) is 2.51. The van der Waals surface area contributed by atoms with Gasteiger partial charge in [-0.1, -0.05) is 23.7 Å². The topological polar surface area (TPSA) is 55.4 Å². The van der Waals surface area contributed by atoms with Crippen molar-refractivity contribution < 1.29 is 18.7 Å². The van der Waals surface area contributed by atoms with Crippen LogP contribution in [0.25, 0.3) is 0 Å². The number of hydrogen-bond acceptors (Lipinski definition) is 3. The number of carbonyl (C=O) groups excluding carboxylic acids is 2. The standard InChI is InChI=1S/C17H15ClFNO3/c1-10-3-4-12(17(22)23-2)7-15(10)20-16(21)8-11-5-6-13(18)9-14(11)19/h3-7,9H,8H2,1-2H3,(H,20,21). The Labute approximate surface area is 138 Å². The molecule has 0 saturated heterocycles. The van der Waals surface area contributed by atoms with Crippen LogP contribution in [0.3, 0.4) is 0 Å². The average molecular weight is 336 g/mol. The van der Waals surface area contributed by atoms with E-state index in [9.17, 15) is 14.0 Å². The van der Waals surface area contributed by atoms with E-state index >= 15 is 0 Å². The van der Waals surface area contributed by atoms with Crippen molar-refractivity contribution in [1.82, 2.24) is 0 Å². The van der Waals surface area contributed by atoms with Crippen LogP contribution in [0.15, 0.2) is 36.4 Å². The number of halogens is 2. The Morgan fingerprint density at radius 3 is 2.61 bits per heavy atom. The van der Waals surface area contributed by atoms with E-state index in [0.29, 0.717) is 11.3 Å². The van der Waals surface area contributed by atoms with Gasteiger partial charge in [0.15, 0.2) is 0 Å². The predicted molar refractivity (Wildman–Crippen MR) is 86.3 cm³/mol. The first-order valence-electron chi connectivity index (χ1n) is 6.83. The third-order valence-electron chi connectivity index (χ3n) is 3.30. The second-order valence-electron chi connectivity index (χ2n) is 4.98. The number of methoxy groups -OCH3 is 1. The number of hydrogen-bond donors (Lipinski definition) is 1. The number of benzene rings is 2. The van der Waals surface area contributed by atoms with Crippen LogP contribution < -0.4 is 5.32 Å². The highest BCUT2D eigenvalue weighted by atomic mass is 35.5. The lowest BCUT2D eigenvalue weighted by Crippen LogP contribution is -2.16. The van der Waals surface area contributed by atoms with Gasteiger partial charge in [-0.3, -0.25) is 4.79 Å². The Hall–Kier alpha value is -2.40. The van der Waals surface area contributed by atoms with Gasteiger partial charge in [-0.2, -0.15) is 0 Å². The summed E-state index contributed by atoms with van der Waals surface area (Å²) in [4.78, 5) is 23.6. The summed E-state index contributed by atoms with van der Waals surface area (Å²) >= 11 is 5.68. The smallest absolute Gasteiger partial charge is 0.337 e. The molecule has 2 aromatic carbocycles. The molecule has 23 heavy (non-hydrogen) atoms. The lowest BCUT2D eigenvalue weighted by atomic mass is 10.1. The van der Waals surface area contributed by atoms with Crippen LogP contribution in [-0.2, 0) is 16.0 Å². The Morgan fingerprint density at radius 2 is 1.96 bits per heavy atom. The summed E-state index contributed by atoms with van der Waals surface area (Å²) in [6, 6.07) is 8.98. The highest BCUT2D eigenvalue weighted by Gasteiger charge is 2.12. The van der Waals surface area contributed by atoms with Crippen molar-refractivity contribution in [3.8, 4) is 0 Å². The zero-order valence-electron chi connectivity index (χ0n) is 12.7. The van der Waals surface area contributed by atoms with Gasteiger partial charge in [0.1, 0.15) is 5.82 Å². The minimum atomic E-state index is -0.535. The van der Waals surface area contributed by atoms with Crippen LogP contribution in [0.1, 0.15) is 21.5 Å². The van der Waals surface area contributed by atoms with Crippen molar-refractivity contribution in [1.29, 1.82) is 0 Å². The Kier molecular flexibility index (Phi) is 5.34. The fourth-order valence-corrected chi connectivity index (χ4v) is 2.19. The molecule has 0 aromatic heterocycles. The largest absolute Gasteiger partial charge is 0.465 e. The van der Waals surface area contributed by atoms with Gasteiger partial charge in [-0.05, 0) is 42.3 Å². The number of carbonyl (C=O) groups is 2. The molecular weight excluding hydrogens is 321 g/mol. The van der Waals surface area contributed by atoms with Gasteiger partial charge in [-0.25, -0.2) is 9.18 Å². The number of nitrogens with one attached hydrogen (secondary N) is 1. The van der Waals surface area contributed by atoms with E-state index in [2.05, 4.69) is 10.1 Å². The molecule has 0 fully saturated rings. The molecule has 0 bridgehead atoms. The summed E-state index contributed by atoms with van der Waals surface area (Å²) in [6.45, 7) is 1.79. The van der Waals surface area contributed by atoms with Gasteiger partial charge in [-0.15, -0.1) is 0 Å². The molecule has 0 aliphatic carbocycles. The summed E-state index contributed by atoms with van der Waals surface area (Å²) < 4.78 is 18.4. The molecule has 0 radical (unpaired) electrons. The normalized spacial score (nSPS) is 10.3. The number of ether oxygens (including phenoxy) is 1. The van der Waals surface area contributed by atoms with Crippen molar-refractivity contribution in [2.45, 2.75) is 13.3 Å². The van der Waals surface area contributed by atoms with Crippen LogP contribution in [0.5, 0.6) is 0 Å². The zero-order valence-corrected chi connectivity index (χ0v) is 13.4. The van der Waals surface area contributed by atoms with Gasteiger partial charge in [0.25, 0.3) is 0 Å². The summed E-state index contributed by atoms with van der Waals surface area (Å²) in [5.74, 6) is -1.42. The van der Waals surface area contributed by atoms with Gasteiger partial charge in [0.2, 0.25) is 5.91 Å². The van der Waals surface area contributed by atoms with Crippen LogP contribution >= 0.6 is 11.6 Å². The van der Waals surface area contributed by atoms with Gasteiger partial charge in [0, 0.05) is 10.7 Å². The van der Waals surface area contributed by atoms with E-state index in [4.69, 9.17) is 11.6 Å². The fourth-order valence-electron chi connectivity index (χ4n) is 2.03. The molecule has 0 atom stereocenters. The second-order valence-corrected chi connectivity index (χ2v) is 5.42. The molecule has 2 rings (SSSR count). The first-order chi connectivity index (χ1) is 10.9. The minimum absolute atomic E-state index is 0.134. The maximum atomic E-state index is 13.7. The predicted octanol–water partition coefficient (Wildman–Crippen LogP) is 3.76. The molecule has 0 spiro atoms. The molecule has 2 aromatic rings. The molecule has 120 valence electrons. The Bertz CT molecular complexity index is 761. The Morgan fingerprint density at radius 1 is 1.22 bits per heavy atom. The lowest BCUT2D eigenvalue weighted by Gasteiger charge is -2.10. The number of anilines is 1. The van der Waals surface area contributed by atoms with Crippen molar-refractivity contribution in [2.24, 2.45) is 0 Å². The van der Waals surface area contributed by atoms with Gasteiger partial charge < -0.3 is 10.1 Å². The van der Waals surface area contributed by atoms with E-state index in [1.165, 1.54) is 25.3 Å². The van der Waals surface area contributed by atoms with Crippen molar-refractivity contribution >= 4 is 29.2 Å². The first-order valence-corrected chi connectivity index (χ1v) is 7.21. The van der Waals surface area contributed by atoms with E-state index in [1.54, 1.807) is 19.1 Å². The number of amides is 1. The van der Waals surface area contributed by atoms with Crippen molar-refractivity contribution in [3.05, 3.63) is 63.9 Å². The molecule has 0 aliphatic heterocycles. The summed E-state index contributed by atoms with van der Waals surface area (Å²) in [5.41, 5.74) is 1.83. The maximum absolute atomic E-state index is 13.7. The van der Waals surface area contributed by atoms with Crippen molar-refractivity contribution in [3.63, 3.8) is 0 Å². The molecule has 1 N–H and O–H groups in total. The van der Waals surface area contributed by atoms with Crippen LogP contribution in [0.2, 0.25) is 5.02 Å². The zero-order chi connectivity index (χ0) is 17.0. The highest BCUT2D eigenvalue weighted by Crippen LogP contribution is 2.19. The molecule has 4 nitrogen and oxygen atoms in total. The summed E-state index contributed by atoms with van der Waals surface area (Å²) in [5, 5.41) is 2.95. The lowest BCUT2D eigenvalue weighted by molar-refractivity contribution is -0.115. The van der Waals surface area contributed by atoms with Crippen LogP contribution in [-0.4, -0.2) is 19.0 Å². The van der Waals surface area contributed by atoms with E-state index < -0.39 is 17.7 Å². The summed E-state index contributed by atoms with van der Waals surface area (Å²) in [6.07, 6.45) is -0.134. The van der Waals surface area contributed by atoms with E-state index in [-0.39, 0.29) is 17.0 Å². The molecule has 0 saturated carbocycles. The summed E-state index contributed by atoms with van der Waals surface area (Å²) in [7, 11) is 1.28. The minimum Gasteiger partial charge on any atom is -0.465 e. The third kappa shape index (κ3) is 4.29.